The highest BCUT2D eigenvalue weighted by atomic mass is 16.5. The first-order valence-corrected chi connectivity index (χ1v) is 6.69. The highest BCUT2D eigenvalue weighted by Gasteiger charge is 2.13. The van der Waals surface area contributed by atoms with Crippen molar-refractivity contribution in [2.45, 2.75) is 20.0 Å². The predicted octanol–water partition coefficient (Wildman–Crippen LogP) is 3.11. The minimum atomic E-state index is -0.961. The summed E-state index contributed by atoms with van der Waals surface area (Å²) in [6.07, 6.45) is -0.718. The zero-order chi connectivity index (χ0) is 15.4. The quantitative estimate of drug-likeness (QED) is 0.886. The molecule has 0 amide bonds. The van der Waals surface area contributed by atoms with Crippen molar-refractivity contribution in [3.63, 3.8) is 0 Å². The molecule has 2 aromatic carbocycles. The van der Waals surface area contributed by atoms with Crippen LogP contribution in [0.5, 0.6) is 5.75 Å². The monoisotopic (exact) mass is 286 g/mol. The Morgan fingerprint density at radius 2 is 1.71 bits per heavy atom. The summed E-state index contributed by atoms with van der Waals surface area (Å²) < 4.78 is 5.68. The molecule has 2 aromatic rings. The van der Waals surface area contributed by atoms with Gasteiger partial charge in [-0.25, -0.2) is 4.79 Å². The molecule has 0 saturated heterocycles. The van der Waals surface area contributed by atoms with Gasteiger partial charge in [-0.05, 0) is 42.7 Å². The summed E-state index contributed by atoms with van der Waals surface area (Å²) in [5.74, 6) is -0.341. The van der Waals surface area contributed by atoms with E-state index in [-0.39, 0.29) is 12.2 Å². The molecule has 0 radical (unpaired) electrons. The normalized spacial score (nSPS) is 12.0. The molecule has 2 N–H and O–H groups in total. The Morgan fingerprint density at radius 1 is 1.14 bits per heavy atom. The number of carboxylic acids is 1. The first-order chi connectivity index (χ1) is 9.99. The summed E-state index contributed by atoms with van der Waals surface area (Å²) >= 11 is 0. The Balaban J connectivity index is 2.12. The van der Waals surface area contributed by atoms with Crippen molar-refractivity contribution in [2.24, 2.45) is 0 Å². The minimum absolute atomic E-state index is 0.123. The molecule has 0 fully saturated rings. The number of carbonyl (C=O) groups is 1. The number of benzene rings is 2. The third-order valence-electron chi connectivity index (χ3n) is 3.28. The van der Waals surface area contributed by atoms with Gasteiger partial charge in [-0.15, -0.1) is 0 Å². The van der Waals surface area contributed by atoms with Gasteiger partial charge in [-0.1, -0.05) is 30.3 Å². The van der Waals surface area contributed by atoms with Crippen LogP contribution in [0.1, 0.15) is 33.2 Å². The number of aromatic carboxylic acids is 1. The lowest BCUT2D eigenvalue weighted by Crippen LogP contribution is -2.11. The number of aliphatic hydroxyl groups is 1. The molecule has 21 heavy (non-hydrogen) atoms. The van der Waals surface area contributed by atoms with Gasteiger partial charge in [-0.2, -0.15) is 0 Å². The molecular formula is C17H18O4. The van der Waals surface area contributed by atoms with Gasteiger partial charge in [0.05, 0.1) is 5.56 Å². The Hall–Kier alpha value is -2.33. The molecule has 0 saturated carbocycles. The number of ether oxygens (including phenoxy) is 1. The van der Waals surface area contributed by atoms with Crippen LogP contribution in [0.3, 0.4) is 0 Å². The van der Waals surface area contributed by atoms with Crippen molar-refractivity contribution in [3.8, 4) is 5.75 Å². The lowest BCUT2D eigenvalue weighted by Gasteiger charge is -2.16. The second-order valence-corrected chi connectivity index (χ2v) is 4.98. The number of hydrogen-bond acceptors (Lipinski definition) is 3. The Kier molecular flexibility index (Phi) is 4.60. The van der Waals surface area contributed by atoms with E-state index in [0.29, 0.717) is 5.75 Å². The second-order valence-electron chi connectivity index (χ2n) is 4.98. The zero-order valence-electron chi connectivity index (χ0n) is 12.0. The molecule has 0 heterocycles. The maximum atomic E-state index is 11.0. The summed E-state index contributed by atoms with van der Waals surface area (Å²) in [5.41, 5.74) is 2.51. The van der Waals surface area contributed by atoms with Crippen LogP contribution in [0, 0.1) is 13.8 Å². The lowest BCUT2D eigenvalue weighted by molar-refractivity contribution is 0.0696. The fraction of sp³-hybridized carbons (Fsp3) is 0.235. The molecule has 1 unspecified atom stereocenters. The van der Waals surface area contributed by atoms with Crippen LogP contribution in [0.25, 0.3) is 0 Å². The van der Waals surface area contributed by atoms with Crippen LogP contribution in [0.4, 0.5) is 0 Å². The zero-order valence-corrected chi connectivity index (χ0v) is 12.0. The topological polar surface area (TPSA) is 66.8 Å². The van der Waals surface area contributed by atoms with Crippen LogP contribution < -0.4 is 4.74 Å². The molecular weight excluding hydrogens is 268 g/mol. The fourth-order valence-corrected chi connectivity index (χ4v) is 2.24. The van der Waals surface area contributed by atoms with E-state index in [1.165, 1.54) is 0 Å². The molecule has 110 valence electrons. The van der Waals surface area contributed by atoms with Crippen LogP contribution in [-0.2, 0) is 0 Å². The van der Waals surface area contributed by atoms with Gasteiger partial charge in [0.2, 0.25) is 0 Å². The molecule has 1 atom stereocenters. The molecule has 0 bridgehead atoms. The molecule has 0 spiro atoms. The minimum Gasteiger partial charge on any atom is -0.490 e. The highest BCUT2D eigenvalue weighted by molar-refractivity contribution is 5.88. The van der Waals surface area contributed by atoms with Crippen molar-refractivity contribution < 1.29 is 19.7 Å². The average molecular weight is 286 g/mol. The fourth-order valence-electron chi connectivity index (χ4n) is 2.24. The maximum Gasteiger partial charge on any atom is 0.335 e. The number of aliphatic hydroxyl groups excluding tert-OH is 1. The summed E-state index contributed by atoms with van der Waals surface area (Å²) in [4.78, 5) is 11.0. The van der Waals surface area contributed by atoms with E-state index in [9.17, 15) is 9.90 Å². The van der Waals surface area contributed by atoms with E-state index in [1.54, 1.807) is 26.0 Å². The van der Waals surface area contributed by atoms with Crippen LogP contribution in [-0.4, -0.2) is 22.8 Å². The maximum absolute atomic E-state index is 11.0. The van der Waals surface area contributed by atoms with E-state index < -0.39 is 12.1 Å². The van der Waals surface area contributed by atoms with Gasteiger partial charge in [0.15, 0.2) is 0 Å². The molecule has 4 nitrogen and oxygen atoms in total. The third kappa shape index (κ3) is 3.61. The Labute approximate surface area is 123 Å². The van der Waals surface area contributed by atoms with Gasteiger partial charge in [0.1, 0.15) is 18.5 Å². The Bertz CT molecular complexity index is 611. The first-order valence-electron chi connectivity index (χ1n) is 6.69. The average Bonchev–Trinajstić information content (AvgIpc) is 2.46. The van der Waals surface area contributed by atoms with E-state index in [0.717, 1.165) is 16.7 Å². The molecule has 4 heteroatoms. The van der Waals surface area contributed by atoms with Crippen LogP contribution in [0.2, 0.25) is 0 Å². The van der Waals surface area contributed by atoms with Crippen LogP contribution in [0.15, 0.2) is 42.5 Å². The second kappa shape index (κ2) is 6.41. The lowest BCUT2D eigenvalue weighted by atomic mass is 10.1. The van der Waals surface area contributed by atoms with Crippen molar-refractivity contribution in [2.75, 3.05) is 6.61 Å². The van der Waals surface area contributed by atoms with Crippen molar-refractivity contribution >= 4 is 5.97 Å². The molecule has 0 aliphatic heterocycles. The van der Waals surface area contributed by atoms with Crippen LogP contribution >= 0.6 is 0 Å². The van der Waals surface area contributed by atoms with Gasteiger partial charge in [0, 0.05) is 0 Å². The smallest absolute Gasteiger partial charge is 0.335 e. The molecule has 2 rings (SSSR count). The number of rotatable bonds is 5. The third-order valence-corrected chi connectivity index (χ3v) is 3.28. The largest absolute Gasteiger partial charge is 0.490 e. The standard InChI is InChI=1S/C17H18O4/c1-11-8-14(17(19)20)9-12(2)16(11)21-10-15(18)13-6-4-3-5-7-13/h3-9,15,18H,10H2,1-2H3,(H,19,20). The summed E-state index contributed by atoms with van der Waals surface area (Å²) in [6, 6.07) is 12.4. The molecule has 0 aromatic heterocycles. The Morgan fingerprint density at radius 3 is 2.24 bits per heavy atom. The number of hydrogen-bond donors (Lipinski definition) is 2. The van der Waals surface area contributed by atoms with E-state index in [4.69, 9.17) is 9.84 Å². The van der Waals surface area contributed by atoms with Gasteiger partial charge >= 0.3 is 5.97 Å². The molecule has 0 aliphatic rings. The van der Waals surface area contributed by atoms with Crippen molar-refractivity contribution in [3.05, 3.63) is 64.7 Å². The summed E-state index contributed by atoms with van der Waals surface area (Å²) in [6.45, 7) is 3.71. The van der Waals surface area contributed by atoms with E-state index in [2.05, 4.69) is 0 Å². The predicted molar refractivity (Wildman–Crippen MR) is 79.8 cm³/mol. The van der Waals surface area contributed by atoms with Crippen molar-refractivity contribution in [1.82, 2.24) is 0 Å². The SMILES string of the molecule is Cc1cc(C(=O)O)cc(C)c1OCC(O)c1ccccc1. The first kappa shape index (κ1) is 15.1. The highest BCUT2D eigenvalue weighted by Crippen LogP contribution is 2.26. The number of aryl methyl sites for hydroxylation is 2. The van der Waals surface area contributed by atoms with Crippen molar-refractivity contribution in [1.29, 1.82) is 0 Å². The molecule has 0 aliphatic carbocycles. The number of carboxylic acid groups (broad SMARTS) is 1. The van der Waals surface area contributed by atoms with E-state index in [1.807, 2.05) is 30.3 Å². The summed E-state index contributed by atoms with van der Waals surface area (Å²) in [7, 11) is 0. The van der Waals surface area contributed by atoms with Gasteiger partial charge in [-0.3, -0.25) is 0 Å². The summed E-state index contributed by atoms with van der Waals surface area (Å²) in [5, 5.41) is 19.1. The van der Waals surface area contributed by atoms with Gasteiger partial charge < -0.3 is 14.9 Å². The van der Waals surface area contributed by atoms with E-state index >= 15 is 0 Å². The van der Waals surface area contributed by atoms with Gasteiger partial charge in [0.25, 0.3) is 0 Å².